The van der Waals surface area contributed by atoms with Crippen LogP contribution in [0.3, 0.4) is 0 Å². The van der Waals surface area contributed by atoms with Crippen LogP contribution >= 0.6 is 0 Å². The highest BCUT2D eigenvalue weighted by Gasteiger charge is 2.22. The summed E-state index contributed by atoms with van der Waals surface area (Å²) in [7, 11) is 6.08. The molecule has 1 aliphatic rings. The third-order valence-electron chi connectivity index (χ3n) is 5.33. The molecule has 31 heavy (non-hydrogen) atoms. The summed E-state index contributed by atoms with van der Waals surface area (Å²) in [4.78, 5) is 7.00. The summed E-state index contributed by atoms with van der Waals surface area (Å²) in [6.07, 6.45) is 5.09. The van der Waals surface area contributed by atoms with E-state index in [0.29, 0.717) is 19.7 Å². The number of likely N-dealkylation sites (N-methyl/N-ethyl adjacent to an activating group) is 1. The molecule has 0 amide bonds. The van der Waals surface area contributed by atoms with Crippen LogP contribution < -0.4 is 20.1 Å². The molecule has 8 nitrogen and oxygen atoms in total. The van der Waals surface area contributed by atoms with Gasteiger partial charge in [-0.1, -0.05) is 0 Å². The first-order valence-corrected chi connectivity index (χ1v) is 11.0. The molecule has 0 saturated carbocycles. The number of aryl methyl sites for hydroxylation is 1. The number of aromatic nitrogens is 2. The fraction of sp³-hybridized carbons (Fsp3) is 0.565. The van der Waals surface area contributed by atoms with E-state index < -0.39 is 0 Å². The SMILES string of the molecule is CCNC(=NCc1cc2c(cc1OCC)CC(C)O2)NCC(c1cnn(C)c1)N(C)C. The highest BCUT2D eigenvalue weighted by atomic mass is 16.5. The van der Waals surface area contributed by atoms with E-state index in [2.05, 4.69) is 66.9 Å². The van der Waals surface area contributed by atoms with Crippen molar-refractivity contribution in [2.45, 2.75) is 45.9 Å². The first-order valence-electron chi connectivity index (χ1n) is 11.0. The van der Waals surface area contributed by atoms with Crippen molar-refractivity contribution in [3.05, 3.63) is 41.2 Å². The molecule has 1 aliphatic heterocycles. The lowest BCUT2D eigenvalue weighted by Crippen LogP contribution is -2.41. The van der Waals surface area contributed by atoms with E-state index >= 15 is 0 Å². The van der Waals surface area contributed by atoms with Crippen LogP contribution in [0.2, 0.25) is 0 Å². The Morgan fingerprint density at radius 3 is 2.81 bits per heavy atom. The van der Waals surface area contributed by atoms with Gasteiger partial charge in [0, 0.05) is 49.4 Å². The summed E-state index contributed by atoms with van der Waals surface area (Å²) in [6, 6.07) is 4.37. The molecule has 0 spiro atoms. The van der Waals surface area contributed by atoms with Crippen LogP contribution in [0.25, 0.3) is 0 Å². The highest BCUT2D eigenvalue weighted by molar-refractivity contribution is 5.79. The Bertz CT molecular complexity index is 892. The van der Waals surface area contributed by atoms with Gasteiger partial charge in [-0.15, -0.1) is 0 Å². The van der Waals surface area contributed by atoms with Gasteiger partial charge < -0.3 is 25.0 Å². The Kier molecular flexibility index (Phi) is 7.79. The number of nitrogens with zero attached hydrogens (tertiary/aromatic N) is 4. The monoisotopic (exact) mass is 428 g/mol. The van der Waals surface area contributed by atoms with Gasteiger partial charge in [0.05, 0.1) is 25.4 Å². The summed E-state index contributed by atoms with van der Waals surface area (Å²) in [6.45, 7) is 8.80. The zero-order valence-corrected chi connectivity index (χ0v) is 19.6. The summed E-state index contributed by atoms with van der Waals surface area (Å²) in [5, 5.41) is 11.1. The predicted molar refractivity (Wildman–Crippen MR) is 124 cm³/mol. The molecule has 1 aromatic heterocycles. The van der Waals surface area contributed by atoms with E-state index in [-0.39, 0.29) is 12.1 Å². The standard InChI is InChI=1S/C23H36N6O2/c1-7-24-23(26-14-20(28(4)5)19-13-27-29(6)15-19)25-12-18-11-22-17(9-16(3)31-22)10-21(18)30-8-2/h10-11,13,15-16,20H,7-9,12,14H2,1-6H3,(H2,24,25,26). The van der Waals surface area contributed by atoms with Crippen molar-refractivity contribution in [2.75, 3.05) is 33.8 Å². The Balaban J connectivity index is 1.74. The van der Waals surface area contributed by atoms with E-state index in [0.717, 1.165) is 36.0 Å². The van der Waals surface area contributed by atoms with Crippen LogP contribution in [0.4, 0.5) is 0 Å². The van der Waals surface area contributed by atoms with Crippen molar-refractivity contribution in [3.63, 3.8) is 0 Å². The molecule has 0 fully saturated rings. The van der Waals surface area contributed by atoms with E-state index in [1.54, 1.807) is 0 Å². The number of aliphatic imine (C=N–C) groups is 1. The number of benzene rings is 1. The van der Waals surface area contributed by atoms with Crippen molar-refractivity contribution in [3.8, 4) is 11.5 Å². The van der Waals surface area contributed by atoms with Crippen molar-refractivity contribution in [1.82, 2.24) is 25.3 Å². The first-order chi connectivity index (χ1) is 14.9. The molecule has 2 unspecified atom stereocenters. The second-order valence-electron chi connectivity index (χ2n) is 8.14. The Labute approximate surface area is 185 Å². The molecule has 2 heterocycles. The van der Waals surface area contributed by atoms with Gasteiger partial charge in [-0.05, 0) is 47.0 Å². The molecule has 8 heteroatoms. The number of rotatable bonds is 9. The minimum absolute atomic E-state index is 0.187. The van der Waals surface area contributed by atoms with E-state index in [1.807, 2.05) is 24.9 Å². The minimum atomic E-state index is 0.187. The third kappa shape index (κ3) is 5.91. The van der Waals surface area contributed by atoms with Gasteiger partial charge in [0.1, 0.15) is 17.6 Å². The van der Waals surface area contributed by atoms with Crippen molar-refractivity contribution in [1.29, 1.82) is 0 Å². The topological polar surface area (TPSA) is 75.9 Å². The molecule has 3 rings (SSSR count). The maximum Gasteiger partial charge on any atom is 0.191 e. The number of fused-ring (bicyclic) bond motifs is 1. The fourth-order valence-corrected chi connectivity index (χ4v) is 3.81. The van der Waals surface area contributed by atoms with Crippen LogP contribution in [-0.2, 0) is 20.0 Å². The van der Waals surface area contributed by atoms with Gasteiger partial charge in [0.15, 0.2) is 5.96 Å². The number of hydrogen-bond acceptors (Lipinski definition) is 5. The quantitative estimate of drug-likeness (QED) is 0.472. The van der Waals surface area contributed by atoms with Crippen LogP contribution in [0.1, 0.15) is 43.5 Å². The summed E-state index contributed by atoms with van der Waals surface area (Å²) in [5.41, 5.74) is 3.40. The second-order valence-corrected chi connectivity index (χ2v) is 8.14. The normalized spacial score (nSPS) is 16.7. The first kappa shape index (κ1) is 22.9. The lowest BCUT2D eigenvalue weighted by molar-refractivity contribution is 0.254. The maximum atomic E-state index is 5.94. The van der Waals surface area contributed by atoms with Crippen molar-refractivity contribution >= 4 is 5.96 Å². The number of hydrogen-bond donors (Lipinski definition) is 2. The molecular weight excluding hydrogens is 392 g/mol. The summed E-state index contributed by atoms with van der Waals surface area (Å²) < 4.78 is 13.7. The molecule has 0 saturated heterocycles. The third-order valence-corrected chi connectivity index (χ3v) is 5.33. The molecule has 170 valence electrons. The number of guanidine groups is 1. The fourth-order valence-electron chi connectivity index (χ4n) is 3.81. The van der Waals surface area contributed by atoms with E-state index in [9.17, 15) is 0 Å². The summed E-state index contributed by atoms with van der Waals surface area (Å²) in [5.74, 6) is 2.61. The van der Waals surface area contributed by atoms with Gasteiger partial charge in [-0.3, -0.25) is 4.68 Å². The van der Waals surface area contributed by atoms with Gasteiger partial charge in [-0.2, -0.15) is 5.10 Å². The largest absolute Gasteiger partial charge is 0.494 e. The molecule has 0 radical (unpaired) electrons. The van der Waals surface area contributed by atoms with Crippen LogP contribution in [0.15, 0.2) is 29.5 Å². The second kappa shape index (κ2) is 10.5. The molecule has 2 atom stereocenters. The predicted octanol–water partition coefficient (Wildman–Crippen LogP) is 2.50. The number of nitrogens with one attached hydrogen (secondary N) is 2. The van der Waals surface area contributed by atoms with Gasteiger partial charge in [0.2, 0.25) is 0 Å². The van der Waals surface area contributed by atoms with E-state index in [4.69, 9.17) is 14.5 Å². The average molecular weight is 429 g/mol. The van der Waals surface area contributed by atoms with Crippen LogP contribution in [-0.4, -0.2) is 60.5 Å². The van der Waals surface area contributed by atoms with Crippen molar-refractivity contribution < 1.29 is 9.47 Å². The zero-order chi connectivity index (χ0) is 22.4. The smallest absolute Gasteiger partial charge is 0.191 e. The molecule has 2 aromatic rings. The van der Waals surface area contributed by atoms with Crippen LogP contribution in [0, 0.1) is 0 Å². The average Bonchev–Trinajstić information content (AvgIpc) is 3.30. The van der Waals surface area contributed by atoms with Crippen LogP contribution in [0.5, 0.6) is 11.5 Å². The van der Waals surface area contributed by atoms with Gasteiger partial charge in [0.25, 0.3) is 0 Å². The molecule has 2 N–H and O–H groups in total. The molecule has 0 aliphatic carbocycles. The lowest BCUT2D eigenvalue weighted by Gasteiger charge is -2.24. The molecule has 1 aromatic carbocycles. The summed E-state index contributed by atoms with van der Waals surface area (Å²) >= 11 is 0. The van der Waals surface area contributed by atoms with Gasteiger partial charge >= 0.3 is 0 Å². The van der Waals surface area contributed by atoms with E-state index in [1.165, 1.54) is 11.1 Å². The zero-order valence-electron chi connectivity index (χ0n) is 19.6. The minimum Gasteiger partial charge on any atom is -0.494 e. The Hall–Kier alpha value is -2.74. The molecular formula is C23H36N6O2. The highest BCUT2D eigenvalue weighted by Crippen LogP contribution is 2.35. The lowest BCUT2D eigenvalue weighted by atomic mass is 10.1. The number of ether oxygens (including phenoxy) is 2. The van der Waals surface area contributed by atoms with Crippen molar-refractivity contribution in [2.24, 2.45) is 12.0 Å². The Morgan fingerprint density at radius 2 is 2.16 bits per heavy atom. The Morgan fingerprint density at radius 1 is 1.35 bits per heavy atom. The molecule has 0 bridgehead atoms. The van der Waals surface area contributed by atoms with Gasteiger partial charge in [-0.25, -0.2) is 4.99 Å². The maximum absolute atomic E-state index is 5.94.